The summed E-state index contributed by atoms with van der Waals surface area (Å²) in [5.74, 6) is 0.856. The highest BCUT2D eigenvalue weighted by atomic mass is 16.5. The van der Waals surface area contributed by atoms with E-state index in [2.05, 4.69) is 28.3 Å². The van der Waals surface area contributed by atoms with E-state index in [0.717, 1.165) is 101 Å². The number of benzene rings is 2. The van der Waals surface area contributed by atoms with Crippen molar-refractivity contribution in [1.29, 1.82) is 0 Å². The number of nitrogens with one attached hydrogen (secondary N) is 2. The molecule has 0 bridgehead atoms. The Morgan fingerprint density at radius 1 is 0.900 bits per heavy atom. The van der Waals surface area contributed by atoms with Gasteiger partial charge in [-0.05, 0) is 106 Å². The van der Waals surface area contributed by atoms with Crippen LogP contribution in [0.5, 0.6) is 5.75 Å². The van der Waals surface area contributed by atoms with Gasteiger partial charge in [-0.25, -0.2) is 0 Å². The van der Waals surface area contributed by atoms with Crippen LogP contribution in [0.15, 0.2) is 42.5 Å². The lowest BCUT2D eigenvalue weighted by molar-refractivity contribution is -0.110. The predicted molar refractivity (Wildman–Crippen MR) is 160 cm³/mol. The molecule has 2 aromatic carbocycles. The molecule has 0 saturated carbocycles. The number of carbonyl (C=O) groups excluding carboxylic acids is 2. The van der Waals surface area contributed by atoms with Crippen LogP contribution in [0, 0.1) is 6.92 Å². The zero-order valence-corrected chi connectivity index (χ0v) is 23.7. The van der Waals surface area contributed by atoms with Gasteiger partial charge in [0.05, 0.1) is 18.2 Å². The number of carbonyl (C=O) groups is 2. The third kappa shape index (κ3) is 4.83. The minimum atomic E-state index is -0.0793. The lowest BCUT2D eigenvalue weighted by Gasteiger charge is -2.15. The Kier molecular flexibility index (Phi) is 7.24. The molecule has 0 unspecified atom stereocenters. The Balaban J connectivity index is 0.000000429. The normalized spacial score (nSPS) is 19.8. The number of amides is 2. The molecule has 2 saturated heterocycles. The first kappa shape index (κ1) is 26.4. The first-order valence-electron chi connectivity index (χ1n) is 14.5. The number of rotatable bonds is 3. The van der Waals surface area contributed by atoms with E-state index in [4.69, 9.17) is 4.74 Å². The van der Waals surface area contributed by atoms with Gasteiger partial charge in [0.25, 0.3) is 11.8 Å². The van der Waals surface area contributed by atoms with Gasteiger partial charge in [0, 0.05) is 35.7 Å². The number of methoxy groups -OCH3 is 1. The maximum Gasteiger partial charge on any atom is 0.256 e. The molecule has 7 nitrogen and oxygen atoms in total. The van der Waals surface area contributed by atoms with E-state index in [1.54, 1.807) is 7.11 Å². The summed E-state index contributed by atoms with van der Waals surface area (Å²) >= 11 is 0. The molecule has 0 spiro atoms. The number of aryl methyl sites for hydroxylation is 1. The van der Waals surface area contributed by atoms with Crippen LogP contribution >= 0.6 is 0 Å². The molecule has 3 aromatic rings. The van der Waals surface area contributed by atoms with E-state index in [9.17, 15) is 9.59 Å². The van der Waals surface area contributed by atoms with Crippen molar-refractivity contribution >= 4 is 28.6 Å². The monoisotopic (exact) mass is 538 g/mol. The van der Waals surface area contributed by atoms with Gasteiger partial charge in [-0.2, -0.15) is 0 Å². The summed E-state index contributed by atoms with van der Waals surface area (Å²) in [4.78, 5) is 34.1. The van der Waals surface area contributed by atoms with Crippen LogP contribution in [-0.4, -0.2) is 66.9 Å². The summed E-state index contributed by atoms with van der Waals surface area (Å²) < 4.78 is 5.26. The lowest BCUT2D eigenvalue weighted by atomic mass is 9.96. The number of hydrogen-bond acceptors (Lipinski definition) is 4. The van der Waals surface area contributed by atoms with E-state index >= 15 is 0 Å². The molecule has 7 heteroatoms. The van der Waals surface area contributed by atoms with Crippen molar-refractivity contribution in [3.05, 3.63) is 70.5 Å². The SMILES string of the molecule is CN1CCCC1.COc1ccc(-c2ccc3c(c2)NC(=O)/C3=C2/CCc3c2[nH]c(C)c3C(=O)N2CCCC2)cc1. The predicted octanol–water partition coefficient (Wildman–Crippen LogP) is 5.76. The van der Waals surface area contributed by atoms with Crippen LogP contribution in [0.3, 0.4) is 0 Å². The molecule has 2 amide bonds. The highest BCUT2D eigenvalue weighted by molar-refractivity contribution is 6.37. The molecule has 0 radical (unpaired) electrons. The fourth-order valence-electron chi connectivity index (χ4n) is 6.49. The lowest BCUT2D eigenvalue weighted by Crippen LogP contribution is -2.28. The number of ether oxygens (including phenoxy) is 1. The molecule has 3 aliphatic heterocycles. The minimum absolute atomic E-state index is 0.0793. The second-order valence-electron chi connectivity index (χ2n) is 11.3. The van der Waals surface area contributed by atoms with E-state index in [1.807, 2.05) is 48.2 Å². The maximum absolute atomic E-state index is 13.2. The minimum Gasteiger partial charge on any atom is -0.497 e. The Hall–Kier alpha value is -3.84. The third-order valence-electron chi connectivity index (χ3n) is 8.64. The molecule has 2 fully saturated rings. The van der Waals surface area contributed by atoms with Crippen molar-refractivity contribution < 1.29 is 14.3 Å². The standard InChI is InChI=1S/C28H27N3O3.C5H11N/c1-16-24(28(33)31-13-3-4-14-31)21-11-12-22(26(21)29-16)25-20-10-7-18(15-23(20)30-27(25)32)17-5-8-19(34-2)9-6-17;1-6-4-2-3-5-6/h5-10,15,29H,3-4,11-14H2,1-2H3,(H,30,32);2-5H2,1H3/b25-22-;. The van der Waals surface area contributed by atoms with E-state index < -0.39 is 0 Å². The fraction of sp³-hybridized carbons (Fsp3) is 0.394. The topological polar surface area (TPSA) is 77.7 Å². The summed E-state index contributed by atoms with van der Waals surface area (Å²) in [6.07, 6.45) is 6.50. The Morgan fingerprint density at radius 3 is 2.23 bits per heavy atom. The van der Waals surface area contributed by atoms with Gasteiger partial charge in [-0.15, -0.1) is 0 Å². The molecule has 1 aromatic heterocycles. The molecule has 7 rings (SSSR count). The van der Waals surface area contributed by atoms with Crippen molar-refractivity contribution in [3.63, 3.8) is 0 Å². The van der Waals surface area contributed by atoms with Crippen LogP contribution in [0.25, 0.3) is 22.3 Å². The van der Waals surface area contributed by atoms with Crippen LogP contribution < -0.4 is 10.1 Å². The van der Waals surface area contributed by atoms with E-state index in [-0.39, 0.29) is 11.8 Å². The number of likely N-dealkylation sites (tertiary alicyclic amines) is 2. The Labute approximate surface area is 236 Å². The second-order valence-corrected chi connectivity index (χ2v) is 11.3. The largest absolute Gasteiger partial charge is 0.497 e. The molecule has 4 heterocycles. The van der Waals surface area contributed by atoms with E-state index in [1.165, 1.54) is 25.9 Å². The van der Waals surface area contributed by atoms with Crippen LogP contribution in [-0.2, 0) is 11.2 Å². The number of nitrogens with zero attached hydrogens (tertiary/aromatic N) is 2. The van der Waals surface area contributed by atoms with Gasteiger partial charge in [0.2, 0.25) is 0 Å². The van der Waals surface area contributed by atoms with Gasteiger partial charge in [-0.1, -0.05) is 24.3 Å². The molecule has 208 valence electrons. The zero-order chi connectivity index (χ0) is 27.8. The number of aromatic nitrogens is 1. The highest BCUT2D eigenvalue weighted by Gasteiger charge is 2.35. The number of allylic oxidation sites excluding steroid dienone is 1. The van der Waals surface area contributed by atoms with Crippen molar-refractivity contribution in [2.24, 2.45) is 0 Å². The number of hydrogen-bond donors (Lipinski definition) is 2. The van der Waals surface area contributed by atoms with E-state index in [0.29, 0.717) is 0 Å². The van der Waals surface area contributed by atoms with Gasteiger partial charge in [0.1, 0.15) is 5.75 Å². The van der Waals surface area contributed by atoms with Crippen LogP contribution in [0.1, 0.15) is 65.0 Å². The third-order valence-corrected chi connectivity index (χ3v) is 8.64. The molecule has 0 atom stereocenters. The summed E-state index contributed by atoms with van der Waals surface area (Å²) in [7, 11) is 3.83. The van der Waals surface area contributed by atoms with Gasteiger partial charge in [-0.3, -0.25) is 9.59 Å². The fourth-order valence-corrected chi connectivity index (χ4v) is 6.49. The van der Waals surface area contributed by atoms with Gasteiger partial charge >= 0.3 is 0 Å². The van der Waals surface area contributed by atoms with Crippen molar-refractivity contribution in [2.45, 2.75) is 45.4 Å². The molecule has 2 N–H and O–H groups in total. The summed E-state index contributed by atoms with van der Waals surface area (Å²) in [6.45, 7) is 6.27. The second kappa shape index (κ2) is 11.0. The Bertz CT molecular complexity index is 1470. The molecule has 40 heavy (non-hydrogen) atoms. The first-order valence-corrected chi connectivity index (χ1v) is 14.5. The van der Waals surface area contributed by atoms with Crippen LogP contribution in [0.4, 0.5) is 5.69 Å². The Morgan fingerprint density at radius 2 is 1.57 bits per heavy atom. The summed E-state index contributed by atoms with van der Waals surface area (Å²) in [5.41, 5.74) is 9.29. The van der Waals surface area contributed by atoms with Crippen molar-refractivity contribution in [1.82, 2.24) is 14.8 Å². The van der Waals surface area contributed by atoms with Gasteiger partial charge < -0.3 is 24.8 Å². The van der Waals surface area contributed by atoms with Crippen molar-refractivity contribution in [3.8, 4) is 16.9 Å². The quantitative estimate of drug-likeness (QED) is 0.416. The molecular formula is C33H38N4O3. The summed E-state index contributed by atoms with van der Waals surface area (Å²) in [5, 5.41) is 3.07. The first-order chi connectivity index (χ1) is 19.4. The summed E-state index contributed by atoms with van der Waals surface area (Å²) in [6, 6.07) is 14.0. The zero-order valence-electron chi connectivity index (χ0n) is 23.7. The molecular weight excluding hydrogens is 500 g/mol. The number of anilines is 1. The van der Waals surface area contributed by atoms with Crippen molar-refractivity contribution in [2.75, 3.05) is 45.7 Å². The van der Waals surface area contributed by atoms with Crippen LogP contribution in [0.2, 0.25) is 0 Å². The number of aromatic amines is 1. The number of fused-ring (bicyclic) bond motifs is 2. The number of H-pyrrole nitrogens is 1. The average Bonchev–Trinajstić information content (AvgIpc) is 3.79. The maximum atomic E-state index is 13.2. The average molecular weight is 539 g/mol. The van der Waals surface area contributed by atoms with Gasteiger partial charge in [0.15, 0.2) is 0 Å². The highest BCUT2D eigenvalue weighted by Crippen LogP contribution is 2.45. The molecule has 1 aliphatic carbocycles. The molecule has 4 aliphatic rings. The smallest absolute Gasteiger partial charge is 0.256 e.